The summed E-state index contributed by atoms with van der Waals surface area (Å²) in [6.45, 7) is -0.250. The van der Waals surface area contributed by atoms with Crippen molar-refractivity contribution in [1.82, 2.24) is 0 Å². The molecular formula is CH4NNiO2. The predicted octanol–water partition coefficient (Wildman–Crippen LogP) is -0.892. The molecule has 0 spiro atoms. The zero-order chi connectivity index (χ0) is 4.71. The van der Waals surface area contributed by atoms with E-state index in [2.05, 4.69) is 20.5 Å². The van der Waals surface area contributed by atoms with Crippen LogP contribution in [0.1, 0.15) is 0 Å². The number of nitrogens with two attached hydrogens (primary N) is 1. The van der Waals surface area contributed by atoms with Crippen LogP contribution in [0.2, 0.25) is 0 Å². The molecule has 0 aromatic heterocycles. The van der Waals surface area contributed by atoms with Crippen molar-refractivity contribution < 1.29 is 25.6 Å². The molecule has 0 aliphatic carbocycles. The van der Waals surface area contributed by atoms with E-state index >= 15 is 0 Å². The second kappa shape index (κ2) is 39.3. The Morgan fingerprint density at radius 1 is 1.80 bits per heavy atom. The molecular weight excluding hydrogens is 117 g/mol. The van der Waals surface area contributed by atoms with Gasteiger partial charge in [0.1, 0.15) is 0 Å². The number of carboxylic acid groups (broad SMARTS) is 1. The fourth-order valence-corrected chi connectivity index (χ4v) is 0. The molecule has 3 nitrogen and oxygen atoms in total. The molecule has 0 aliphatic rings. The molecule has 0 atom stereocenters. The second-order valence-corrected chi connectivity index (χ2v) is 0.105. The van der Waals surface area contributed by atoms with Gasteiger partial charge in [-0.3, -0.25) is 4.79 Å². The zero-order valence-corrected chi connectivity index (χ0v) is 3.31. The van der Waals surface area contributed by atoms with Gasteiger partial charge >= 0.3 is 20.5 Å². The normalized spacial score (nSPS) is 3.80. The van der Waals surface area contributed by atoms with Crippen LogP contribution in [0.15, 0.2) is 0 Å². The first-order valence-corrected chi connectivity index (χ1v) is 1.25. The van der Waals surface area contributed by atoms with E-state index in [4.69, 9.17) is 9.90 Å². The molecule has 0 aromatic rings. The molecule has 0 saturated carbocycles. The average Bonchev–Trinajstić information content (AvgIpc) is 1.46. The van der Waals surface area contributed by atoms with Crippen LogP contribution in [0.4, 0.5) is 0 Å². The maximum absolute atomic E-state index is 8.36. The summed E-state index contributed by atoms with van der Waals surface area (Å²) in [4.78, 5) is 12.5. The monoisotopic (exact) mass is 120 g/mol. The quantitative estimate of drug-likeness (QED) is 0.322. The van der Waals surface area contributed by atoms with Gasteiger partial charge in [-0.15, -0.1) is 0 Å². The third kappa shape index (κ3) is 2480. The Morgan fingerprint density at radius 2 is 1.80 bits per heavy atom. The molecule has 0 aliphatic heterocycles. The first-order valence-electron chi connectivity index (χ1n) is 0.676. The summed E-state index contributed by atoms with van der Waals surface area (Å²) in [6, 6.07) is 0. The molecule has 0 unspecified atom stereocenters. The summed E-state index contributed by atoms with van der Waals surface area (Å²) < 4.78 is 0. The maximum atomic E-state index is 8.36. The Bertz CT molecular complexity index is 17.1. The van der Waals surface area contributed by atoms with Gasteiger partial charge in [-0.05, 0) is 0 Å². The topological polar surface area (TPSA) is 63.3 Å². The molecule has 0 saturated heterocycles. The summed E-state index contributed by atoms with van der Waals surface area (Å²) in [7, 11) is 0. The Morgan fingerprint density at radius 3 is 1.80 bits per heavy atom. The fourth-order valence-electron chi connectivity index (χ4n) is 0. The Hall–Kier alpha value is -0.0765. The van der Waals surface area contributed by atoms with E-state index < -0.39 is 0 Å². The van der Waals surface area contributed by atoms with E-state index in [9.17, 15) is 0 Å². The number of rotatable bonds is 0. The van der Waals surface area contributed by atoms with Gasteiger partial charge in [0.15, 0.2) is 0 Å². The summed E-state index contributed by atoms with van der Waals surface area (Å²) in [5, 5.41) is 6.89. The third-order valence-electron chi connectivity index (χ3n) is 0. The van der Waals surface area contributed by atoms with Crippen LogP contribution in [-0.4, -0.2) is 11.6 Å². The second-order valence-electron chi connectivity index (χ2n) is 0.105. The van der Waals surface area contributed by atoms with Gasteiger partial charge in [0, 0.05) is 0 Å². The Balaban J connectivity index is 0. The molecule has 35 valence electrons. The van der Waals surface area contributed by atoms with Crippen LogP contribution >= 0.6 is 0 Å². The average molecular weight is 121 g/mol. The van der Waals surface area contributed by atoms with E-state index in [1.807, 2.05) is 0 Å². The summed E-state index contributed by atoms with van der Waals surface area (Å²) in [6.07, 6.45) is 0. The van der Waals surface area contributed by atoms with E-state index in [1.54, 1.807) is 0 Å². The van der Waals surface area contributed by atoms with Crippen LogP contribution in [0.25, 0.3) is 0 Å². The van der Waals surface area contributed by atoms with E-state index in [0.717, 1.165) is 0 Å². The van der Waals surface area contributed by atoms with E-state index in [1.165, 1.54) is 0 Å². The standard InChI is InChI=1S/CH2O2.H2N.Ni/c2-1-3;;/h1H,(H,2,3);1H2;/q;-1;+1. The summed E-state index contributed by atoms with van der Waals surface area (Å²) in [5.41, 5.74) is 0. The van der Waals surface area contributed by atoms with Gasteiger partial charge in [-0.25, -0.2) is 0 Å². The molecule has 0 amide bonds. The van der Waals surface area contributed by atoms with Crippen molar-refractivity contribution >= 4 is 6.47 Å². The summed E-state index contributed by atoms with van der Waals surface area (Å²) >= 11 is 3.38. The van der Waals surface area contributed by atoms with Crippen molar-refractivity contribution in [2.45, 2.75) is 0 Å². The van der Waals surface area contributed by atoms with Crippen molar-refractivity contribution in [3.63, 3.8) is 0 Å². The number of hydrogen-bond acceptors (Lipinski definition) is 2. The van der Waals surface area contributed by atoms with Gasteiger partial charge < -0.3 is 5.11 Å². The fraction of sp³-hybridized carbons (Fsp3) is 0. The first kappa shape index (κ1) is 8.87. The zero-order valence-electron chi connectivity index (χ0n) is 2.33. The van der Waals surface area contributed by atoms with Crippen molar-refractivity contribution in [3.8, 4) is 0 Å². The molecule has 0 heterocycles. The third-order valence-corrected chi connectivity index (χ3v) is 0. The molecule has 3 N–H and O–H groups in total. The first-order chi connectivity index (χ1) is 2.41. The molecule has 0 aromatic carbocycles. The minimum absolute atomic E-state index is 0.250. The number of carbonyl (C=O) groups is 1. The molecule has 0 radical (unpaired) electrons. The summed E-state index contributed by atoms with van der Waals surface area (Å²) in [5.74, 6) is 0. The van der Waals surface area contributed by atoms with Gasteiger partial charge in [0.05, 0.1) is 0 Å². The predicted molar refractivity (Wildman–Crippen MR) is 12.9 cm³/mol. The van der Waals surface area contributed by atoms with Crippen LogP contribution in [0.5, 0.6) is 0 Å². The van der Waals surface area contributed by atoms with Gasteiger partial charge in [0.2, 0.25) is 0 Å². The van der Waals surface area contributed by atoms with Crippen molar-refractivity contribution in [3.05, 3.63) is 0 Å². The molecule has 4 heteroatoms. The van der Waals surface area contributed by atoms with Gasteiger partial charge in [-0.1, -0.05) is 0 Å². The molecule has 0 fully saturated rings. The number of hydrogen-bond donors (Lipinski definition) is 2. The van der Waals surface area contributed by atoms with Gasteiger partial charge in [0.25, 0.3) is 6.47 Å². The Labute approximate surface area is 37.7 Å². The molecule has 0 rings (SSSR count). The minimum atomic E-state index is -0.250. The van der Waals surface area contributed by atoms with Crippen LogP contribution in [-0.2, 0) is 20.5 Å². The van der Waals surface area contributed by atoms with Crippen LogP contribution in [0, 0.1) is 0 Å². The van der Waals surface area contributed by atoms with E-state index in [0.29, 0.717) is 0 Å². The van der Waals surface area contributed by atoms with Crippen molar-refractivity contribution in [1.29, 1.82) is 0 Å². The SMILES string of the molecule is O=CO.[NH2][Ni]. The molecule has 5 heavy (non-hydrogen) atoms. The van der Waals surface area contributed by atoms with Gasteiger partial charge in [-0.2, -0.15) is 0 Å². The van der Waals surface area contributed by atoms with Crippen molar-refractivity contribution in [2.75, 3.05) is 0 Å². The van der Waals surface area contributed by atoms with Crippen molar-refractivity contribution in [2.24, 2.45) is 4.81 Å². The Kier molecular flexibility index (Phi) is 69.7. The van der Waals surface area contributed by atoms with E-state index in [-0.39, 0.29) is 6.47 Å². The van der Waals surface area contributed by atoms with Crippen LogP contribution < -0.4 is 4.81 Å². The van der Waals surface area contributed by atoms with Crippen LogP contribution in [0.3, 0.4) is 0 Å². The molecule has 0 bridgehead atoms.